The summed E-state index contributed by atoms with van der Waals surface area (Å²) < 4.78 is 5.90. The third-order valence-electron chi connectivity index (χ3n) is 5.76. The Balaban J connectivity index is 1.26. The van der Waals surface area contributed by atoms with Gasteiger partial charge in [0.25, 0.3) is 5.89 Å². The van der Waals surface area contributed by atoms with E-state index in [1.54, 1.807) is 11.1 Å². The normalized spacial score (nSPS) is 16.5. The lowest BCUT2D eigenvalue weighted by Gasteiger charge is -2.36. The molecule has 1 aliphatic heterocycles. The Kier molecular flexibility index (Phi) is 5.23. The van der Waals surface area contributed by atoms with Gasteiger partial charge < -0.3 is 19.5 Å². The van der Waals surface area contributed by atoms with Crippen LogP contribution in [0.25, 0.3) is 11.5 Å². The number of halogens is 1. The highest BCUT2D eigenvalue weighted by molar-refractivity contribution is 6.31. The number of benzene rings is 1. The number of hydrogen-bond acceptors (Lipinski definition) is 6. The first-order valence-electron chi connectivity index (χ1n) is 10.4. The quantitative estimate of drug-likeness (QED) is 0.652. The van der Waals surface area contributed by atoms with E-state index < -0.39 is 0 Å². The Morgan fingerprint density at radius 1 is 1.13 bits per heavy atom. The molecule has 1 saturated carbocycles. The van der Waals surface area contributed by atoms with E-state index in [1.807, 2.05) is 37.3 Å². The molecule has 3 aromatic rings. The molecule has 0 bridgehead atoms. The Morgan fingerprint density at radius 3 is 2.71 bits per heavy atom. The minimum atomic E-state index is -0.128. The zero-order valence-electron chi connectivity index (χ0n) is 17.2. The van der Waals surface area contributed by atoms with Crippen LogP contribution >= 0.6 is 11.6 Å². The van der Waals surface area contributed by atoms with Crippen molar-refractivity contribution in [3.63, 3.8) is 0 Å². The maximum atomic E-state index is 12.7. The second-order valence-electron chi connectivity index (χ2n) is 7.91. The van der Waals surface area contributed by atoms with Crippen LogP contribution in [-0.4, -0.2) is 52.3 Å². The predicted octanol–water partition coefficient (Wildman–Crippen LogP) is 4.32. The number of nitrogens with zero attached hydrogens (tertiary/aromatic N) is 5. The Labute approximate surface area is 185 Å². The molecule has 0 spiro atoms. The molecule has 9 heteroatoms. The molecule has 3 heterocycles. The first-order chi connectivity index (χ1) is 15.1. The van der Waals surface area contributed by atoms with Crippen molar-refractivity contribution in [3.05, 3.63) is 53.0 Å². The van der Waals surface area contributed by atoms with Crippen LogP contribution < -0.4 is 10.2 Å². The number of carbonyl (C=O) groups excluding carboxylic acids is 1. The highest BCUT2D eigenvalue weighted by Gasteiger charge is 2.31. The second-order valence-corrected chi connectivity index (χ2v) is 8.32. The van der Waals surface area contributed by atoms with Gasteiger partial charge >= 0.3 is 6.03 Å². The fourth-order valence-electron chi connectivity index (χ4n) is 3.71. The zero-order valence-corrected chi connectivity index (χ0v) is 18.0. The molecular formula is C22H23ClN6O2. The van der Waals surface area contributed by atoms with Crippen molar-refractivity contribution in [2.45, 2.75) is 25.7 Å². The summed E-state index contributed by atoms with van der Waals surface area (Å²) in [6, 6.07) is 9.20. The van der Waals surface area contributed by atoms with Crippen molar-refractivity contribution in [2.24, 2.45) is 0 Å². The molecule has 160 valence electrons. The Hall–Kier alpha value is -3.13. The van der Waals surface area contributed by atoms with E-state index in [-0.39, 0.29) is 6.03 Å². The van der Waals surface area contributed by atoms with Gasteiger partial charge in [-0.1, -0.05) is 17.7 Å². The van der Waals surface area contributed by atoms with Gasteiger partial charge in [0.15, 0.2) is 0 Å². The average molecular weight is 439 g/mol. The van der Waals surface area contributed by atoms with Crippen molar-refractivity contribution in [1.29, 1.82) is 0 Å². The molecule has 2 aromatic heterocycles. The van der Waals surface area contributed by atoms with Crippen LogP contribution in [0.4, 0.5) is 16.3 Å². The first kappa shape index (κ1) is 19.8. The maximum absolute atomic E-state index is 12.7. The van der Waals surface area contributed by atoms with Gasteiger partial charge in [-0.3, -0.25) is 0 Å². The number of urea groups is 1. The summed E-state index contributed by atoms with van der Waals surface area (Å²) in [7, 11) is 0. The summed E-state index contributed by atoms with van der Waals surface area (Å²) in [4.78, 5) is 21.3. The molecule has 1 saturated heterocycles. The molecule has 1 N–H and O–H groups in total. The van der Waals surface area contributed by atoms with Gasteiger partial charge in [-0.05, 0) is 49.6 Å². The molecule has 1 aliphatic carbocycles. The third kappa shape index (κ3) is 4.07. The van der Waals surface area contributed by atoms with Crippen molar-refractivity contribution in [2.75, 3.05) is 36.4 Å². The number of pyridine rings is 1. The summed E-state index contributed by atoms with van der Waals surface area (Å²) in [5.74, 6) is 2.43. The molecule has 2 amide bonds. The van der Waals surface area contributed by atoms with E-state index in [0.29, 0.717) is 48.9 Å². The molecule has 0 unspecified atom stereocenters. The minimum Gasteiger partial charge on any atom is -0.420 e. The van der Waals surface area contributed by atoms with Crippen LogP contribution in [0.3, 0.4) is 0 Å². The van der Waals surface area contributed by atoms with Crippen LogP contribution in [0, 0.1) is 6.92 Å². The smallest absolute Gasteiger partial charge is 0.321 e. The molecule has 0 radical (unpaired) electrons. The van der Waals surface area contributed by atoms with Gasteiger partial charge in [-0.2, -0.15) is 0 Å². The zero-order chi connectivity index (χ0) is 21.4. The van der Waals surface area contributed by atoms with E-state index in [0.717, 1.165) is 35.5 Å². The van der Waals surface area contributed by atoms with E-state index in [1.165, 1.54) is 0 Å². The number of nitrogens with one attached hydrogen (secondary N) is 1. The second kappa shape index (κ2) is 8.19. The molecule has 1 aromatic carbocycles. The molecular weight excluding hydrogens is 416 g/mol. The first-order valence-corrected chi connectivity index (χ1v) is 10.8. The Bertz CT molecular complexity index is 1100. The summed E-state index contributed by atoms with van der Waals surface area (Å²) in [5, 5.41) is 12.0. The minimum absolute atomic E-state index is 0.128. The number of piperazine rings is 1. The lowest BCUT2D eigenvalue weighted by molar-refractivity contribution is 0.208. The van der Waals surface area contributed by atoms with Gasteiger partial charge in [0.2, 0.25) is 5.89 Å². The van der Waals surface area contributed by atoms with Crippen LogP contribution in [-0.2, 0) is 0 Å². The summed E-state index contributed by atoms with van der Waals surface area (Å²) in [6.07, 6.45) is 3.98. The number of hydrogen-bond donors (Lipinski definition) is 1. The van der Waals surface area contributed by atoms with Crippen LogP contribution in [0.5, 0.6) is 0 Å². The summed E-state index contributed by atoms with van der Waals surface area (Å²) in [6.45, 7) is 4.38. The number of rotatable bonds is 4. The van der Waals surface area contributed by atoms with E-state index in [2.05, 4.69) is 25.4 Å². The Morgan fingerprint density at radius 2 is 1.94 bits per heavy atom. The highest BCUT2D eigenvalue weighted by Crippen LogP contribution is 2.40. The van der Waals surface area contributed by atoms with Gasteiger partial charge in [0, 0.05) is 49.0 Å². The standard InChI is InChI=1S/C22H23ClN6O2/c1-14-17(23)5-2-6-18(14)25-22(30)29-12-10-28(11-13-29)19-16(4-3-9-24-19)21-27-26-20(31-21)15-7-8-15/h2-6,9,15H,7-8,10-13H2,1H3,(H,25,30). The van der Waals surface area contributed by atoms with Crippen LogP contribution in [0.1, 0.15) is 30.2 Å². The van der Waals surface area contributed by atoms with Crippen molar-refractivity contribution in [1.82, 2.24) is 20.1 Å². The maximum Gasteiger partial charge on any atom is 0.321 e. The molecule has 2 fully saturated rings. The number of amides is 2. The average Bonchev–Trinajstić information content (AvgIpc) is 3.53. The lowest BCUT2D eigenvalue weighted by Crippen LogP contribution is -2.50. The molecule has 0 atom stereocenters. The SMILES string of the molecule is Cc1c(Cl)cccc1NC(=O)N1CCN(c2ncccc2-c2nnc(C3CC3)o2)CC1. The highest BCUT2D eigenvalue weighted by atomic mass is 35.5. The van der Waals surface area contributed by atoms with Gasteiger partial charge in [0.05, 0.1) is 5.56 Å². The largest absolute Gasteiger partial charge is 0.420 e. The molecule has 2 aliphatic rings. The molecule has 8 nitrogen and oxygen atoms in total. The van der Waals surface area contributed by atoms with E-state index >= 15 is 0 Å². The van der Waals surface area contributed by atoms with Crippen molar-refractivity contribution >= 4 is 29.1 Å². The monoisotopic (exact) mass is 438 g/mol. The summed E-state index contributed by atoms with van der Waals surface area (Å²) >= 11 is 6.16. The third-order valence-corrected chi connectivity index (χ3v) is 6.17. The topological polar surface area (TPSA) is 87.4 Å². The molecule has 5 rings (SSSR count). The fraction of sp³-hybridized carbons (Fsp3) is 0.364. The van der Waals surface area contributed by atoms with Gasteiger partial charge in [0.1, 0.15) is 5.82 Å². The lowest BCUT2D eigenvalue weighted by atomic mass is 10.2. The van der Waals surface area contributed by atoms with Crippen molar-refractivity contribution in [3.8, 4) is 11.5 Å². The summed E-state index contributed by atoms with van der Waals surface area (Å²) in [5.41, 5.74) is 2.42. The van der Waals surface area contributed by atoms with Crippen molar-refractivity contribution < 1.29 is 9.21 Å². The van der Waals surface area contributed by atoms with E-state index in [9.17, 15) is 4.79 Å². The number of aromatic nitrogens is 3. The van der Waals surface area contributed by atoms with Crippen LogP contribution in [0.2, 0.25) is 5.02 Å². The van der Waals surface area contributed by atoms with Gasteiger partial charge in [-0.15, -0.1) is 10.2 Å². The predicted molar refractivity (Wildman–Crippen MR) is 118 cm³/mol. The number of carbonyl (C=O) groups is 1. The molecule has 31 heavy (non-hydrogen) atoms. The number of anilines is 2. The van der Waals surface area contributed by atoms with Gasteiger partial charge in [-0.25, -0.2) is 9.78 Å². The fourth-order valence-corrected chi connectivity index (χ4v) is 3.89. The van der Waals surface area contributed by atoms with Crippen LogP contribution in [0.15, 0.2) is 40.9 Å². The van der Waals surface area contributed by atoms with E-state index in [4.69, 9.17) is 16.0 Å².